The Bertz CT molecular complexity index is 1030. The minimum Gasteiger partial charge on any atom is -0.422 e. The lowest BCUT2D eigenvalue weighted by atomic mass is 10.2. The summed E-state index contributed by atoms with van der Waals surface area (Å²) in [7, 11) is 0. The molecule has 2 aromatic carbocycles. The highest BCUT2D eigenvalue weighted by Gasteiger charge is 2.11. The maximum absolute atomic E-state index is 12.0. The Labute approximate surface area is 163 Å². The number of nitrogens with zero attached hydrogens (tertiary/aromatic N) is 2. The third-order valence-corrected chi connectivity index (χ3v) is 4.36. The zero-order valence-electron chi connectivity index (χ0n) is 14.3. The van der Waals surface area contributed by atoms with E-state index in [0.29, 0.717) is 16.2 Å². The Hall–Kier alpha value is -3.85. The Morgan fingerprint density at radius 3 is 2.57 bits per heavy atom. The van der Waals surface area contributed by atoms with Crippen LogP contribution in [0.2, 0.25) is 0 Å². The van der Waals surface area contributed by atoms with Gasteiger partial charge in [-0.3, -0.25) is 14.9 Å². The van der Waals surface area contributed by atoms with E-state index in [0.717, 1.165) is 0 Å². The number of rotatable bonds is 6. The molecule has 1 amide bonds. The first-order valence-corrected chi connectivity index (χ1v) is 8.84. The average Bonchev–Trinajstić information content (AvgIpc) is 3.24. The van der Waals surface area contributed by atoms with Crippen LogP contribution < -0.4 is 10.2 Å². The van der Waals surface area contributed by atoms with Gasteiger partial charge in [-0.05, 0) is 47.3 Å². The van der Waals surface area contributed by atoms with E-state index in [-0.39, 0.29) is 11.3 Å². The van der Waals surface area contributed by atoms with Crippen LogP contribution in [0.1, 0.15) is 25.6 Å². The summed E-state index contributed by atoms with van der Waals surface area (Å²) in [5.41, 5.74) is 2.92. The lowest BCUT2D eigenvalue weighted by molar-refractivity contribution is -0.384. The second kappa shape index (κ2) is 8.69. The molecular formula is C19H13N3O5S. The third kappa shape index (κ3) is 4.86. The molecule has 0 spiro atoms. The smallest absolute Gasteiger partial charge is 0.353 e. The van der Waals surface area contributed by atoms with Gasteiger partial charge in [-0.25, -0.2) is 10.2 Å². The van der Waals surface area contributed by atoms with Gasteiger partial charge in [-0.1, -0.05) is 12.1 Å². The molecule has 1 aromatic heterocycles. The van der Waals surface area contributed by atoms with Crippen LogP contribution in [0.25, 0.3) is 0 Å². The number of non-ortho nitro benzene ring substituents is 1. The van der Waals surface area contributed by atoms with Crippen molar-refractivity contribution < 1.29 is 19.2 Å². The maximum atomic E-state index is 12.0. The molecule has 9 heteroatoms. The highest BCUT2D eigenvalue weighted by molar-refractivity contribution is 7.12. The summed E-state index contributed by atoms with van der Waals surface area (Å²) in [6.45, 7) is 0. The lowest BCUT2D eigenvalue weighted by Crippen LogP contribution is -2.17. The molecule has 0 aliphatic rings. The molecule has 3 rings (SSSR count). The average molecular weight is 395 g/mol. The number of esters is 1. The molecule has 0 aliphatic heterocycles. The van der Waals surface area contributed by atoms with E-state index in [4.69, 9.17) is 4.74 Å². The lowest BCUT2D eigenvalue weighted by Gasteiger charge is -2.03. The van der Waals surface area contributed by atoms with Crippen LogP contribution in [0.15, 0.2) is 71.1 Å². The van der Waals surface area contributed by atoms with Crippen molar-refractivity contribution in [2.24, 2.45) is 5.10 Å². The number of carbonyl (C=O) groups excluding carboxylic acids is 2. The van der Waals surface area contributed by atoms with Crippen molar-refractivity contribution in [3.05, 3.63) is 92.2 Å². The zero-order chi connectivity index (χ0) is 19.9. The standard InChI is InChI=1S/C19H13N3O5S/c23-18(14-3-1-4-15(11-14)22(25)26)21-20-12-13-6-8-16(9-7-13)27-19(24)17-5-2-10-28-17/h1-12H,(H,21,23). The van der Waals surface area contributed by atoms with Gasteiger partial charge in [0, 0.05) is 17.7 Å². The van der Waals surface area contributed by atoms with Gasteiger partial charge in [-0.15, -0.1) is 11.3 Å². The van der Waals surface area contributed by atoms with Crippen LogP contribution in [0, 0.1) is 10.1 Å². The van der Waals surface area contributed by atoms with Crippen molar-refractivity contribution in [2.45, 2.75) is 0 Å². The largest absolute Gasteiger partial charge is 0.422 e. The number of nitro benzene ring substituents is 1. The SMILES string of the molecule is O=C(NN=Cc1ccc(OC(=O)c2cccs2)cc1)c1cccc([N+](=O)[O-])c1. The first kappa shape index (κ1) is 18.9. The van der Waals surface area contributed by atoms with Gasteiger partial charge >= 0.3 is 5.97 Å². The predicted octanol–water partition coefficient (Wildman–Crippen LogP) is 3.64. The fraction of sp³-hybridized carbons (Fsp3) is 0. The molecule has 8 nitrogen and oxygen atoms in total. The zero-order valence-corrected chi connectivity index (χ0v) is 15.1. The Morgan fingerprint density at radius 1 is 1.11 bits per heavy atom. The second-order valence-electron chi connectivity index (χ2n) is 5.44. The maximum Gasteiger partial charge on any atom is 0.353 e. The van der Waals surface area contributed by atoms with Crippen molar-refractivity contribution in [1.29, 1.82) is 0 Å². The molecule has 0 radical (unpaired) electrons. The van der Waals surface area contributed by atoms with E-state index in [2.05, 4.69) is 10.5 Å². The number of nitro groups is 1. The van der Waals surface area contributed by atoms with Gasteiger partial charge in [0.15, 0.2) is 0 Å². The molecule has 0 bridgehead atoms. The summed E-state index contributed by atoms with van der Waals surface area (Å²) in [5.74, 6) is -0.613. The molecule has 1 N–H and O–H groups in total. The van der Waals surface area contributed by atoms with Crippen molar-refractivity contribution in [3.63, 3.8) is 0 Å². The third-order valence-electron chi connectivity index (χ3n) is 3.51. The highest BCUT2D eigenvalue weighted by atomic mass is 32.1. The molecule has 0 atom stereocenters. The van der Waals surface area contributed by atoms with Crippen LogP contribution in [0.4, 0.5) is 5.69 Å². The van der Waals surface area contributed by atoms with E-state index in [1.54, 1.807) is 41.8 Å². The number of thiophene rings is 1. The van der Waals surface area contributed by atoms with Crippen LogP contribution in [0.3, 0.4) is 0 Å². The molecule has 3 aromatic rings. The number of carbonyl (C=O) groups is 2. The molecule has 28 heavy (non-hydrogen) atoms. The number of hydrogen-bond acceptors (Lipinski definition) is 7. The van der Waals surface area contributed by atoms with E-state index < -0.39 is 16.8 Å². The highest BCUT2D eigenvalue weighted by Crippen LogP contribution is 2.16. The monoisotopic (exact) mass is 395 g/mol. The van der Waals surface area contributed by atoms with E-state index in [1.165, 1.54) is 41.8 Å². The number of amides is 1. The number of ether oxygens (including phenoxy) is 1. The van der Waals surface area contributed by atoms with Crippen molar-refractivity contribution >= 4 is 35.1 Å². The molecule has 140 valence electrons. The molecule has 0 saturated carbocycles. The Balaban J connectivity index is 1.57. The fourth-order valence-corrected chi connectivity index (χ4v) is 2.76. The van der Waals surface area contributed by atoms with Crippen molar-refractivity contribution in [1.82, 2.24) is 5.43 Å². The Kier molecular flexibility index (Phi) is 5.87. The molecule has 0 fully saturated rings. The van der Waals surface area contributed by atoms with Crippen LogP contribution in [-0.2, 0) is 0 Å². The van der Waals surface area contributed by atoms with Gasteiger partial charge in [0.2, 0.25) is 0 Å². The minimum absolute atomic E-state index is 0.127. The van der Waals surface area contributed by atoms with Crippen LogP contribution in [-0.4, -0.2) is 23.0 Å². The normalized spacial score (nSPS) is 10.6. The van der Waals surface area contributed by atoms with Crippen LogP contribution >= 0.6 is 11.3 Å². The number of nitrogens with one attached hydrogen (secondary N) is 1. The quantitative estimate of drug-likeness (QED) is 0.225. The Morgan fingerprint density at radius 2 is 1.89 bits per heavy atom. The molecule has 0 unspecified atom stereocenters. The van der Waals surface area contributed by atoms with E-state index in [1.807, 2.05) is 0 Å². The second-order valence-corrected chi connectivity index (χ2v) is 6.39. The summed E-state index contributed by atoms with van der Waals surface area (Å²) in [4.78, 5) is 34.6. The molecule has 0 saturated heterocycles. The van der Waals surface area contributed by atoms with Gasteiger partial charge in [0.05, 0.1) is 11.1 Å². The van der Waals surface area contributed by atoms with Crippen molar-refractivity contribution in [2.75, 3.05) is 0 Å². The number of hydrogen-bond donors (Lipinski definition) is 1. The van der Waals surface area contributed by atoms with Crippen molar-refractivity contribution in [3.8, 4) is 5.75 Å². The fourth-order valence-electron chi connectivity index (χ4n) is 2.16. The van der Waals surface area contributed by atoms with E-state index >= 15 is 0 Å². The van der Waals surface area contributed by atoms with E-state index in [9.17, 15) is 19.7 Å². The topological polar surface area (TPSA) is 111 Å². The summed E-state index contributed by atoms with van der Waals surface area (Å²) >= 11 is 1.29. The van der Waals surface area contributed by atoms with Gasteiger partial charge in [0.25, 0.3) is 11.6 Å². The van der Waals surface area contributed by atoms with Gasteiger partial charge < -0.3 is 4.74 Å². The first-order valence-electron chi connectivity index (χ1n) is 7.96. The number of benzene rings is 2. The molecule has 1 heterocycles. The summed E-state index contributed by atoms with van der Waals surface area (Å²) in [6, 6.07) is 15.3. The first-order chi connectivity index (χ1) is 13.5. The van der Waals surface area contributed by atoms with Crippen LogP contribution in [0.5, 0.6) is 5.75 Å². The minimum atomic E-state index is -0.577. The number of hydrazone groups is 1. The van der Waals surface area contributed by atoms with Gasteiger partial charge in [-0.2, -0.15) is 5.10 Å². The summed E-state index contributed by atoms with van der Waals surface area (Å²) in [5, 5.41) is 16.4. The molecule has 0 aliphatic carbocycles. The molecular weight excluding hydrogens is 382 g/mol. The predicted molar refractivity (Wildman–Crippen MR) is 104 cm³/mol. The summed E-state index contributed by atoms with van der Waals surface area (Å²) in [6.07, 6.45) is 1.40. The summed E-state index contributed by atoms with van der Waals surface area (Å²) < 4.78 is 5.25. The van der Waals surface area contributed by atoms with Gasteiger partial charge in [0.1, 0.15) is 10.6 Å².